The number of nitrogens with one attached hydrogen (secondary N) is 1. The average Bonchev–Trinajstić information content (AvgIpc) is 3.16. The number of pyridine rings is 1. The van der Waals surface area contributed by atoms with Gasteiger partial charge in [0.05, 0.1) is 52.7 Å². The van der Waals surface area contributed by atoms with Gasteiger partial charge >= 0.3 is 5.97 Å². The number of ketones is 1. The van der Waals surface area contributed by atoms with Gasteiger partial charge in [0.25, 0.3) is 0 Å². The quantitative estimate of drug-likeness (QED) is 0.0650. The van der Waals surface area contributed by atoms with Crippen molar-refractivity contribution in [3.63, 3.8) is 0 Å². The van der Waals surface area contributed by atoms with Crippen LogP contribution in [-0.2, 0) is 39.8 Å². The summed E-state index contributed by atoms with van der Waals surface area (Å²) in [6, 6.07) is 25.1. The van der Waals surface area contributed by atoms with E-state index >= 15 is 0 Å². The highest BCUT2D eigenvalue weighted by molar-refractivity contribution is 5.96. The van der Waals surface area contributed by atoms with Gasteiger partial charge in [0, 0.05) is 37.3 Å². The van der Waals surface area contributed by atoms with E-state index < -0.39 is 17.9 Å². The van der Waals surface area contributed by atoms with Gasteiger partial charge in [0.15, 0.2) is 5.78 Å². The van der Waals surface area contributed by atoms with E-state index in [1.807, 2.05) is 61.5 Å². The van der Waals surface area contributed by atoms with Crippen LogP contribution in [0.25, 0.3) is 21.9 Å². The summed E-state index contributed by atoms with van der Waals surface area (Å²) in [6.07, 6.45) is 4.88. The molecule has 0 spiro atoms. The van der Waals surface area contributed by atoms with Crippen molar-refractivity contribution in [2.24, 2.45) is 0 Å². The molecule has 0 fully saturated rings. The molecule has 10 nitrogen and oxygen atoms in total. The monoisotopic (exact) mass is 726 g/mol. The van der Waals surface area contributed by atoms with E-state index in [2.05, 4.69) is 41.5 Å². The van der Waals surface area contributed by atoms with Gasteiger partial charge in [0.2, 0.25) is 5.91 Å². The lowest BCUT2D eigenvalue weighted by Gasteiger charge is -2.22. The molecule has 0 aliphatic carbocycles. The van der Waals surface area contributed by atoms with E-state index in [0.29, 0.717) is 46.1 Å². The molecule has 2 N–H and O–H groups in total. The Hall–Kier alpha value is -4.48. The van der Waals surface area contributed by atoms with Crippen LogP contribution < -0.4 is 5.32 Å². The standard InChI is InChI=1S/C43H54N2O8/c1-3-21-50-22-23-51-24-25-52-26-27-53-31-40(45-42(47)14-7-5-11-37-28-32(2)19-20-44-37)41(46)29-36(30-43(48)49)33-15-17-35(18-16-33)39-13-8-10-34-9-4-6-12-38(34)39/h4,6,8-10,12-13,15-20,28,36,40H,3,5,7,11,14,21-27,29-31H2,1-2H3,(H,45,47)(H,48,49)/t36-,40-/m0/s1. The first-order chi connectivity index (χ1) is 25.8. The molecule has 284 valence electrons. The highest BCUT2D eigenvalue weighted by Gasteiger charge is 2.26. The van der Waals surface area contributed by atoms with E-state index in [9.17, 15) is 19.5 Å². The van der Waals surface area contributed by atoms with Crippen molar-refractivity contribution in [3.8, 4) is 11.1 Å². The Balaban J connectivity index is 1.34. The summed E-state index contributed by atoms with van der Waals surface area (Å²) in [5, 5.41) is 14.9. The Morgan fingerprint density at radius 3 is 2.15 bits per heavy atom. The van der Waals surface area contributed by atoms with Gasteiger partial charge in [-0.05, 0) is 77.8 Å². The number of carbonyl (C=O) groups is 3. The van der Waals surface area contributed by atoms with Crippen LogP contribution in [-0.4, -0.2) is 86.6 Å². The molecular weight excluding hydrogens is 672 g/mol. The van der Waals surface area contributed by atoms with Gasteiger partial charge in [0.1, 0.15) is 6.04 Å². The third-order valence-corrected chi connectivity index (χ3v) is 8.88. The van der Waals surface area contributed by atoms with Crippen molar-refractivity contribution in [2.75, 3.05) is 52.9 Å². The van der Waals surface area contributed by atoms with Crippen LogP contribution in [0.2, 0.25) is 0 Å². The number of rotatable bonds is 26. The van der Waals surface area contributed by atoms with Crippen LogP contribution in [0.15, 0.2) is 85.1 Å². The number of hydrogen-bond donors (Lipinski definition) is 2. The van der Waals surface area contributed by atoms with Crippen molar-refractivity contribution in [3.05, 3.63) is 102 Å². The van der Waals surface area contributed by atoms with Gasteiger partial charge in [-0.3, -0.25) is 19.4 Å². The zero-order valence-electron chi connectivity index (χ0n) is 31.1. The number of aliphatic carboxylic acids is 1. The van der Waals surface area contributed by atoms with Gasteiger partial charge in [-0.25, -0.2) is 0 Å². The van der Waals surface area contributed by atoms with Crippen LogP contribution in [0.5, 0.6) is 0 Å². The third kappa shape index (κ3) is 14.8. The van der Waals surface area contributed by atoms with Crippen molar-refractivity contribution < 1.29 is 38.4 Å². The number of ether oxygens (including phenoxy) is 4. The molecule has 0 saturated heterocycles. The fourth-order valence-electron chi connectivity index (χ4n) is 6.13. The summed E-state index contributed by atoms with van der Waals surface area (Å²) in [6.45, 7) is 7.13. The number of carbonyl (C=O) groups excluding carboxylic acids is 2. The number of fused-ring (bicyclic) bond motifs is 1. The van der Waals surface area contributed by atoms with E-state index in [1.165, 1.54) is 0 Å². The molecule has 4 rings (SSSR count). The number of benzene rings is 3. The maximum atomic E-state index is 13.8. The predicted molar refractivity (Wildman–Crippen MR) is 206 cm³/mol. The molecule has 0 unspecified atom stereocenters. The fourth-order valence-corrected chi connectivity index (χ4v) is 6.13. The van der Waals surface area contributed by atoms with Crippen molar-refractivity contribution in [1.82, 2.24) is 10.3 Å². The van der Waals surface area contributed by atoms with Crippen LogP contribution in [0, 0.1) is 6.92 Å². The van der Waals surface area contributed by atoms with Gasteiger partial charge in [-0.15, -0.1) is 0 Å². The summed E-state index contributed by atoms with van der Waals surface area (Å²) in [5.41, 5.74) is 4.94. The van der Waals surface area contributed by atoms with Crippen molar-refractivity contribution >= 4 is 28.4 Å². The predicted octanol–water partition coefficient (Wildman–Crippen LogP) is 7.10. The molecule has 0 aliphatic heterocycles. The summed E-state index contributed by atoms with van der Waals surface area (Å²) in [5.74, 6) is -2.13. The zero-order chi connectivity index (χ0) is 37.7. The van der Waals surface area contributed by atoms with E-state index in [0.717, 1.165) is 58.0 Å². The molecule has 1 heterocycles. The summed E-state index contributed by atoms with van der Waals surface area (Å²) >= 11 is 0. The van der Waals surface area contributed by atoms with Crippen molar-refractivity contribution in [2.45, 2.75) is 70.8 Å². The Kier molecular flexibility index (Phi) is 18.1. The van der Waals surface area contributed by atoms with Gasteiger partial charge < -0.3 is 29.4 Å². The second kappa shape index (κ2) is 23.2. The third-order valence-electron chi connectivity index (χ3n) is 8.88. The van der Waals surface area contributed by atoms with Crippen LogP contribution >= 0.6 is 0 Å². The fraction of sp³-hybridized carbons (Fsp3) is 0.442. The second-order valence-corrected chi connectivity index (χ2v) is 13.2. The first-order valence-corrected chi connectivity index (χ1v) is 18.7. The number of amides is 1. The number of unbranched alkanes of at least 4 members (excludes halogenated alkanes) is 1. The number of aryl methyl sites for hydroxylation is 2. The minimum absolute atomic E-state index is 0.0494. The topological polar surface area (TPSA) is 133 Å². The van der Waals surface area contributed by atoms with Gasteiger partial charge in [-0.1, -0.05) is 73.7 Å². The number of hydrogen-bond acceptors (Lipinski definition) is 8. The number of nitrogens with zero attached hydrogens (tertiary/aromatic N) is 1. The Morgan fingerprint density at radius 1 is 0.774 bits per heavy atom. The summed E-state index contributed by atoms with van der Waals surface area (Å²) in [7, 11) is 0. The van der Waals surface area contributed by atoms with E-state index in [-0.39, 0.29) is 44.2 Å². The Morgan fingerprint density at radius 2 is 1.45 bits per heavy atom. The first kappa shape index (κ1) is 41.3. The average molecular weight is 727 g/mol. The molecule has 1 amide bonds. The SMILES string of the molecule is CCCOCCOCCOCCOC[C@H](NC(=O)CCCCc1cc(C)ccn1)C(=O)C[C@@H](CC(=O)O)c1ccc(-c2cccc3ccccc23)cc1. The molecule has 0 saturated carbocycles. The molecule has 0 bridgehead atoms. The Bertz CT molecular complexity index is 1710. The summed E-state index contributed by atoms with van der Waals surface area (Å²) < 4.78 is 22.3. The Labute approximate surface area is 313 Å². The van der Waals surface area contributed by atoms with Crippen LogP contribution in [0.4, 0.5) is 0 Å². The molecule has 2 atom stereocenters. The number of aromatic nitrogens is 1. The highest BCUT2D eigenvalue weighted by Crippen LogP contribution is 2.31. The molecule has 3 aromatic carbocycles. The first-order valence-electron chi connectivity index (χ1n) is 18.7. The lowest BCUT2D eigenvalue weighted by Crippen LogP contribution is -2.44. The molecule has 0 radical (unpaired) electrons. The number of Topliss-reactive ketones (excluding diaryl/α,β-unsaturated/α-hetero) is 1. The van der Waals surface area contributed by atoms with Crippen LogP contribution in [0.3, 0.4) is 0 Å². The largest absolute Gasteiger partial charge is 0.481 e. The lowest BCUT2D eigenvalue weighted by atomic mass is 9.87. The summed E-state index contributed by atoms with van der Waals surface area (Å²) in [4.78, 5) is 43.2. The number of carboxylic acid groups (broad SMARTS) is 1. The molecule has 53 heavy (non-hydrogen) atoms. The number of carboxylic acids is 1. The molecular formula is C43H54N2O8. The van der Waals surface area contributed by atoms with Gasteiger partial charge in [-0.2, -0.15) is 0 Å². The molecule has 0 aliphatic rings. The van der Waals surface area contributed by atoms with Crippen LogP contribution in [0.1, 0.15) is 68.2 Å². The zero-order valence-corrected chi connectivity index (χ0v) is 31.1. The van der Waals surface area contributed by atoms with Crippen molar-refractivity contribution in [1.29, 1.82) is 0 Å². The maximum absolute atomic E-state index is 13.8. The minimum Gasteiger partial charge on any atom is -0.481 e. The normalized spacial score (nSPS) is 12.4. The molecule has 4 aromatic rings. The van der Waals surface area contributed by atoms with E-state index in [4.69, 9.17) is 18.9 Å². The smallest absolute Gasteiger partial charge is 0.303 e. The second-order valence-electron chi connectivity index (χ2n) is 13.2. The molecule has 10 heteroatoms. The van der Waals surface area contributed by atoms with E-state index in [1.54, 1.807) is 6.20 Å². The lowest BCUT2D eigenvalue weighted by molar-refractivity contribution is -0.137. The molecule has 1 aromatic heterocycles. The highest BCUT2D eigenvalue weighted by atomic mass is 16.6. The maximum Gasteiger partial charge on any atom is 0.303 e. The minimum atomic E-state index is -1.00.